The molecule has 1 aromatic carbocycles. The largest absolute Gasteiger partial charge is 0.497 e. The van der Waals surface area contributed by atoms with Gasteiger partial charge < -0.3 is 4.74 Å². The van der Waals surface area contributed by atoms with Gasteiger partial charge in [0.2, 0.25) is 0 Å². The maximum Gasteiger partial charge on any atom is 0.267 e. The zero-order valence-corrected chi connectivity index (χ0v) is 9.44. The molecule has 0 saturated carbocycles. The Balaban J connectivity index is 2.44. The van der Waals surface area contributed by atoms with E-state index in [0.717, 1.165) is 3.97 Å². The van der Waals surface area contributed by atoms with Gasteiger partial charge >= 0.3 is 0 Å². The standard InChI is InChI=1S/C11H10NO3S/c1-15-10-4-6-11(7-5-10)16(13,14)12-8-2-3-9-12/h2,4-9H,1H3. The molecular formula is C11H10NO3S. The van der Waals surface area contributed by atoms with Crippen molar-refractivity contribution in [3.8, 4) is 5.75 Å². The molecule has 0 aliphatic rings. The van der Waals surface area contributed by atoms with Crippen molar-refractivity contribution in [2.45, 2.75) is 4.90 Å². The molecule has 0 spiro atoms. The molecular weight excluding hydrogens is 226 g/mol. The highest BCUT2D eigenvalue weighted by molar-refractivity contribution is 7.90. The minimum absolute atomic E-state index is 0.220. The molecule has 1 heterocycles. The molecule has 16 heavy (non-hydrogen) atoms. The molecule has 5 heteroatoms. The number of aromatic nitrogens is 1. The number of hydrogen-bond donors (Lipinski definition) is 0. The summed E-state index contributed by atoms with van der Waals surface area (Å²) in [5.74, 6) is 0.623. The smallest absolute Gasteiger partial charge is 0.267 e. The number of nitrogens with zero attached hydrogens (tertiary/aromatic N) is 1. The van der Waals surface area contributed by atoms with Crippen LogP contribution in [0.1, 0.15) is 0 Å². The molecule has 83 valence electrons. The van der Waals surface area contributed by atoms with Crippen LogP contribution >= 0.6 is 0 Å². The van der Waals surface area contributed by atoms with E-state index in [-0.39, 0.29) is 4.90 Å². The van der Waals surface area contributed by atoms with E-state index >= 15 is 0 Å². The van der Waals surface area contributed by atoms with Crippen molar-refractivity contribution in [1.82, 2.24) is 3.97 Å². The van der Waals surface area contributed by atoms with E-state index < -0.39 is 10.0 Å². The van der Waals surface area contributed by atoms with Crippen molar-refractivity contribution in [2.75, 3.05) is 7.11 Å². The topological polar surface area (TPSA) is 48.3 Å². The van der Waals surface area contributed by atoms with Gasteiger partial charge in [-0.15, -0.1) is 0 Å². The van der Waals surface area contributed by atoms with E-state index in [1.807, 2.05) is 0 Å². The number of rotatable bonds is 3. The zero-order chi connectivity index (χ0) is 11.6. The van der Waals surface area contributed by atoms with Gasteiger partial charge in [-0.3, -0.25) is 0 Å². The van der Waals surface area contributed by atoms with Gasteiger partial charge in [-0.25, -0.2) is 12.4 Å². The Hall–Kier alpha value is -1.75. The average molecular weight is 236 g/mol. The predicted octanol–water partition coefficient (Wildman–Crippen LogP) is 1.53. The van der Waals surface area contributed by atoms with Gasteiger partial charge in [-0.05, 0) is 30.3 Å². The highest BCUT2D eigenvalue weighted by atomic mass is 32.2. The number of ether oxygens (including phenoxy) is 1. The molecule has 1 radical (unpaired) electrons. The zero-order valence-electron chi connectivity index (χ0n) is 8.62. The van der Waals surface area contributed by atoms with Crippen LogP contribution < -0.4 is 4.74 Å². The van der Waals surface area contributed by atoms with Crippen LogP contribution in [0.2, 0.25) is 0 Å². The van der Waals surface area contributed by atoms with E-state index in [2.05, 4.69) is 6.07 Å². The van der Waals surface area contributed by atoms with E-state index in [0.29, 0.717) is 5.75 Å². The molecule has 0 bridgehead atoms. The summed E-state index contributed by atoms with van der Waals surface area (Å²) < 4.78 is 30.1. The van der Waals surface area contributed by atoms with Gasteiger partial charge in [0, 0.05) is 18.5 Å². The van der Waals surface area contributed by atoms with Gasteiger partial charge in [-0.2, -0.15) is 0 Å². The minimum Gasteiger partial charge on any atom is -0.497 e. The maximum atomic E-state index is 12.0. The maximum absolute atomic E-state index is 12.0. The quantitative estimate of drug-likeness (QED) is 0.812. The van der Waals surface area contributed by atoms with Crippen molar-refractivity contribution >= 4 is 10.0 Å². The fourth-order valence-electron chi connectivity index (χ4n) is 1.29. The number of hydrogen-bond acceptors (Lipinski definition) is 3. The fraction of sp³-hybridized carbons (Fsp3) is 0.0909. The van der Waals surface area contributed by atoms with Crippen molar-refractivity contribution < 1.29 is 13.2 Å². The first-order valence-electron chi connectivity index (χ1n) is 4.58. The fourth-order valence-corrected chi connectivity index (χ4v) is 2.44. The van der Waals surface area contributed by atoms with Crippen LogP contribution in [-0.4, -0.2) is 19.5 Å². The highest BCUT2D eigenvalue weighted by Gasteiger charge is 2.15. The normalized spacial score (nSPS) is 11.3. The van der Waals surface area contributed by atoms with Crippen LogP contribution in [0.4, 0.5) is 0 Å². The van der Waals surface area contributed by atoms with E-state index in [4.69, 9.17) is 4.74 Å². The third kappa shape index (κ3) is 1.81. The Morgan fingerprint density at radius 2 is 1.94 bits per heavy atom. The lowest BCUT2D eigenvalue weighted by molar-refractivity contribution is 0.414. The number of methoxy groups -OCH3 is 1. The summed E-state index contributed by atoms with van der Waals surface area (Å²) in [7, 11) is -1.96. The molecule has 0 saturated heterocycles. The summed E-state index contributed by atoms with van der Waals surface area (Å²) in [4.78, 5) is 0.220. The predicted molar refractivity (Wildman–Crippen MR) is 58.8 cm³/mol. The van der Waals surface area contributed by atoms with Crippen LogP contribution in [0.15, 0.2) is 47.6 Å². The molecule has 4 nitrogen and oxygen atoms in total. The Morgan fingerprint density at radius 1 is 1.25 bits per heavy atom. The SMILES string of the molecule is COc1ccc(S(=O)(=O)n2c[c]cc2)cc1. The first-order valence-corrected chi connectivity index (χ1v) is 6.02. The molecule has 0 aliphatic carbocycles. The Bertz CT molecular complexity index is 556. The molecule has 0 N–H and O–H groups in total. The molecule has 0 atom stereocenters. The molecule has 0 fully saturated rings. The van der Waals surface area contributed by atoms with Gasteiger partial charge in [0.15, 0.2) is 0 Å². The average Bonchev–Trinajstić information content (AvgIpc) is 2.83. The summed E-state index contributed by atoms with van der Waals surface area (Å²) in [5.41, 5.74) is 0. The lowest BCUT2D eigenvalue weighted by Gasteiger charge is -2.06. The third-order valence-electron chi connectivity index (χ3n) is 2.15. The van der Waals surface area contributed by atoms with Crippen LogP contribution in [0.25, 0.3) is 0 Å². The second-order valence-electron chi connectivity index (χ2n) is 3.12. The lowest BCUT2D eigenvalue weighted by Crippen LogP contribution is -2.10. The Morgan fingerprint density at radius 3 is 2.44 bits per heavy atom. The van der Waals surface area contributed by atoms with Crippen LogP contribution in [0.5, 0.6) is 5.75 Å². The molecule has 2 aromatic rings. The Kier molecular flexibility index (Phi) is 2.70. The first-order chi connectivity index (χ1) is 7.64. The van der Waals surface area contributed by atoms with Crippen LogP contribution in [-0.2, 0) is 10.0 Å². The summed E-state index contributed by atoms with van der Waals surface area (Å²) >= 11 is 0. The van der Waals surface area contributed by atoms with Crippen molar-refractivity contribution in [1.29, 1.82) is 0 Å². The monoisotopic (exact) mass is 236 g/mol. The second kappa shape index (κ2) is 4.02. The van der Waals surface area contributed by atoms with Crippen LogP contribution in [0, 0.1) is 6.07 Å². The van der Waals surface area contributed by atoms with Crippen molar-refractivity contribution in [3.63, 3.8) is 0 Å². The van der Waals surface area contributed by atoms with Gasteiger partial charge in [0.25, 0.3) is 10.0 Å². The van der Waals surface area contributed by atoms with E-state index in [1.165, 1.54) is 31.6 Å². The lowest BCUT2D eigenvalue weighted by atomic mass is 10.3. The first kappa shape index (κ1) is 10.8. The molecule has 0 aliphatic heterocycles. The molecule has 1 aromatic heterocycles. The van der Waals surface area contributed by atoms with Gasteiger partial charge in [0.05, 0.1) is 12.0 Å². The van der Waals surface area contributed by atoms with E-state index in [1.54, 1.807) is 18.2 Å². The van der Waals surface area contributed by atoms with Crippen molar-refractivity contribution in [2.24, 2.45) is 0 Å². The van der Waals surface area contributed by atoms with Crippen LogP contribution in [0.3, 0.4) is 0 Å². The highest BCUT2D eigenvalue weighted by Crippen LogP contribution is 2.17. The van der Waals surface area contributed by atoms with E-state index in [9.17, 15) is 8.42 Å². The summed E-state index contributed by atoms with van der Waals surface area (Å²) in [6.07, 6.45) is 2.82. The molecule has 0 amide bonds. The van der Waals surface area contributed by atoms with Gasteiger partial charge in [0.1, 0.15) is 5.75 Å². The summed E-state index contributed by atoms with van der Waals surface area (Å²) in [5, 5.41) is 0. The third-order valence-corrected chi connectivity index (χ3v) is 3.80. The molecule has 0 unspecified atom stereocenters. The Labute approximate surface area is 94.1 Å². The van der Waals surface area contributed by atoms with Gasteiger partial charge in [-0.1, -0.05) is 0 Å². The molecule has 2 rings (SSSR count). The number of benzene rings is 1. The van der Waals surface area contributed by atoms with Crippen molar-refractivity contribution in [3.05, 3.63) is 48.8 Å². The minimum atomic E-state index is -3.49. The second-order valence-corrected chi connectivity index (χ2v) is 4.97. The summed E-state index contributed by atoms with van der Waals surface area (Å²) in [6, 6.07) is 10.5. The summed E-state index contributed by atoms with van der Waals surface area (Å²) in [6.45, 7) is 0.